The van der Waals surface area contributed by atoms with Gasteiger partial charge in [-0.15, -0.1) is 11.3 Å². The minimum absolute atomic E-state index is 0.0552. The molecular weight excluding hydrogens is 448 g/mol. The molecule has 3 rings (SSSR count). The quantitative estimate of drug-likeness (QED) is 0.234. The number of esters is 1. The summed E-state index contributed by atoms with van der Waals surface area (Å²) in [5.74, 6) is -0.752. The van der Waals surface area contributed by atoms with Gasteiger partial charge in [0.1, 0.15) is 12.4 Å². The summed E-state index contributed by atoms with van der Waals surface area (Å²) in [4.78, 5) is 25.1. The van der Waals surface area contributed by atoms with E-state index in [4.69, 9.17) is 4.74 Å². The van der Waals surface area contributed by atoms with E-state index in [0.717, 1.165) is 12.8 Å². The van der Waals surface area contributed by atoms with Gasteiger partial charge in [-0.05, 0) is 49.6 Å². The zero-order chi connectivity index (χ0) is 24.3. The number of unbranched alkanes of at least 4 members (excludes halogenated alkanes) is 1. The Hall–Kier alpha value is -2.54. The van der Waals surface area contributed by atoms with Crippen molar-refractivity contribution in [3.63, 3.8) is 0 Å². The van der Waals surface area contributed by atoms with Gasteiger partial charge in [0.15, 0.2) is 0 Å². The Morgan fingerprint density at radius 1 is 1.29 bits per heavy atom. The van der Waals surface area contributed by atoms with Crippen LogP contribution in [0.3, 0.4) is 0 Å². The van der Waals surface area contributed by atoms with Crippen molar-refractivity contribution in [1.82, 2.24) is 0 Å². The first-order chi connectivity index (χ1) is 16.5. The molecule has 1 aromatic heterocycles. The molecule has 1 aliphatic rings. The zero-order valence-corrected chi connectivity index (χ0v) is 20.3. The highest BCUT2D eigenvalue weighted by Gasteiger charge is 2.39. The molecule has 2 aromatic rings. The van der Waals surface area contributed by atoms with Crippen molar-refractivity contribution < 1.29 is 24.5 Å². The molecule has 1 aliphatic carbocycles. The van der Waals surface area contributed by atoms with E-state index in [-0.39, 0.29) is 36.6 Å². The van der Waals surface area contributed by atoms with Crippen molar-refractivity contribution in [2.75, 3.05) is 6.61 Å². The summed E-state index contributed by atoms with van der Waals surface area (Å²) in [5.41, 5.74) is 0. The van der Waals surface area contributed by atoms with Gasteiger partial charge in [0.05, 0.1) is 12.2 Å². The fourth-order valence-corrected chi connectivity index (χ4v) is 5.36. The molecule has 2 N–H and O–H groups in total. The van der Waals surface area contributed by atoms with Crippen LogP contribution in [-0.4, -0.2) is 40.8 Å². The summed E-state index contributed by atoms with van der Waals surface area (Å²) in [5, 5.41) is 22.0. The Balaban J connectivity index is 1.44. The number of aryl methyl sites for hydroxylation is 1. The van der Waals surface area contributed by atoms with E-state index in [0.29, 0.717) is 25.7 Å². The van der Waals surface area contributed by atoms with Gasteiger partial charge in [0.25, 0.3) is 0 Å². The Bertz CT molecular complexity index is 988. The second kappa shape index (κ2) is 13.4. The predicted octanol–water partition coefficient (Wildman–Crippen LogP) is 5.16. The maximum atomic E-state index is 12.4. The molecule has 0 aliphatic heterocycles. The van der Waals surface area contributed by atoms with Crippen LogP contribution in [0.2, 0.25) is 0 Å². The molecule has 4 atom stereocenters. The molecule has 0 radical (unpaired) electrons. The maximum Gasteiger partial charge on any atom is 0.306 e. The first-order valence-corrected chi connectivity index (χ1v) is 12.8. The van der Waals surface area contributed by atoms with E-state index < -0.39 is 12.2 Å². The molecule has 0 spiro atoms. The van der Waals surface area contributed by atoms with E-state index in [1.807, 2.05) is 30.4 Å². The predicted molar refractivity (Wildman–Crippen MR) is 137 cm³/mol. The van der Waals surface area contributed by atoms with Crippen molar-refractivity contribution in [3.8, 4) is 0 Å². The molecular formula is C28H34O5S. The molecule has 1 saturated carbocycles. The van der Waals surface area contributed by atoms with Gasteiger partial charge in [0.2, 0.25) is 0 Å². The zero-order valence-electron chi connectivity index (χ0n) is 19.5. The van der Waals surface area contributed by atoms with E-state index in [9.17, 15) is 19.8 Å². The lowest BCUT2D eigenvalue weighted by atomic mass is 9.90. The van der Waals surface area contributed by atoms with E-state index in [2.05, 4.69) is 24.8 Å². The SMILES string of the molecule is C=CCOC(=O)CCCC=CC[C@H]1C(=O)C[C@@H](O)[C@@H]1C=C[C@@H](O)CCc1cc2ccccc2s1. The number of fused-ring (bicyclic) bond motifs is 1. The number of aliphatic hydroxyl groups excluding tert-OH is 2. The lowest BCUT2D eigenvalue weighted by Crippen LogP contribution is -2.19. The second-order valence-electron chi connectivity index (χ2n) is 8.73. The van der Waals surface area contributed by atoms with Crippen LogP contribution >= 0.6 is 11.3 Å². The first-order valence-electron chi connectivity index (χ1n) is 11.9. The number of allylic oxidation sites excluding steroid dienone is 2. The number of hydrogen-bond acceptors (Lipinski definition) is 6. The highest BCUT2D eigenvalue weighted by atomic mass is 32.1. The molecule has 0 saturated heterocycles. The van der Waals surface area contributed by atoms with Crippen LogP contribution in [-0.2, 0) is 20.7 Å². The fourth-order valence-electron chi connectivity index (χ4n) is 4.28. The molecule has 5 nitrogen and oxygen atoms in total. The summed E-state index contributed by atoms with van der Waals surface area (Å²) in [6.45, 7) is 3.74. The number of Topliss-reactive ketones (excluding diaryl/α,β-unsaturated/α-hetero) is 1. The largest absolute Gasteiger partial charge is 0.461 e. The smallest absolute Gasteiger partial charge is 0.306 e. The van der Waals surface area contributed by atoms with Gasteiger partial charge in [0, 0.05) is 34.3 Å². The highest BCUT2D eigenvalue weighted by Crippen LogP contribution is 2.33. The van der Waals surface area contributed by atoms with Gasteiger partial charge >= 0.3 is 5.97 Å². The number of thiophene rings is 1. The number of hydrogen-bond donors (Lipinski definition) is 2. The summed E-state index contributed by atoms with van der Waals surface area (Å²) in [7, 11) is 0. The van der Waals surface area contributed by atoms with Crippen LogP contribution in [0.4, 0.5) is 0 Å². The van der Waals surface area contributed by atoms with E-state index in [1.54, 1.807) is 23.5 Å². The number of ketones is 1. The summed E-state index contributed by atoms with van der Waals surface area (Å²) < 4.78 is 6.19. The van der Waals surface area contributed by atoms with Gasteiger partial charge in [-0.3, -0.25) is 9.59 Å². The van der Waals surface area contributed by atoms with Crippen molar-refractivity contribution in [2.45, 2.75) is 57.2 Å². The summed E-state index contributed by atoms with van der Waals surface area (Å²) >= 11 is 1.75. The Kier molecular flexibility index (Phi) is 10.3. The number of carbonyl (C=O) groups is 2. The number of benzene rings is 1. The Morgan fingerprint density at radius 3 is 2.91 bits per heavy atom. The maximum absolute atomic E-state index is 12.4. The third-order valence-corrected chi connectivity index (χ3v) is 7.30. The molecule has 34 heavy (non-hydrogen) atoms. The first kappa shape index (κ1) is 26.1. The van der Waals surface area contributed by atoms with Crippen molar-refractivity contribution >= 4 is 33.2 Å². The standard InChI is InChI=1S/C28H34O5S/c1-2-17-33-28(32)12-6-4-3-5-10-23-24(26(31)19-25(23)30)16-14-21(29)13-15-22-18-20-9-7-8-11-27(20)34-22/h2-3,5,7-9,11,14,16,18,21,23-24,26,29,31H,1,4,6,10,12-13,15,17,19H2/t21-,23+,24+,26+/m0/s1. The average molecular weight is 483 g/mol. The van der Waals surface area contributed by atoms with Gasteiger partial charge < -0.3 is 14.9 Å². The third-order valence-electron chi connectivity index (χ3n) is 6.12. The van der Waals surface area contributed by atoms with Crippen LogP contribution < -0.4 is 0 Å². The second-order valence-corrected chi connectivity index (χ2v) is 9.90. The van der Waals surface area contributed by atoms with Crippen molar-refractivity contribution in [1.29, 1.82) is 0 Å². The average Bonchev–Trinajstić information content (AvgIpc) is 3.36. The molecule has 1 aromatic carbocycles. The number of aliphatic hydroxyl groups is 2. The number of ether oxygens (including phenoxy) is 1. The summed E-state index contributed by atoms with van der Waals surface area (Å²) in [6.07, 6.45) is 11.5. The van der Waals surface area contributed by atoms with E-state index >= 15 is 0 Å². The number of carbonyl (C=O) groups excluding carboxylic acids is 2. The van der Waals surface area contributed by atoms with E-state index in [1.165, 1.54) is 15.0 Å². The topological polar surface area (TPSA) is 83.8 Å². The van der Waals surface area contributed by atoms with Crippen molar-refractivity contribution in [3.05, 3.63) is 72.2 Å². The third kappa shape index (κ3) is 7.76. The van der Waals surface area contributed by atoms with Gasteiger partial charge in [-0.25, -0.2) is 0 Å². The van der Waals surface area contributed by atoms with Crippen LogP contribution in [0.25, 0.3) is 10.1 Å². The molecule has 6 heteroatoms. The molecule has 1 fully saturated rings. The lowest BCUT2D eigenvalue weighted by Gasteiger charge is -2.16. The lowest BCUT2D eigenvalue weighted by molar-refractivity contribution is -0.142. The molecule has 182 valence electrons. The highest BCUT2D eigenvalue weighted by molar-refractivity contribution is 7.19. The van der Waals surface area contributed by atoms with Gasteiger partial charge in [-0.2, -0.15) is 0 Å². The summed E-state index contributed by atoms with van der Waals surface area (Å²) in [6, 6.07) is 10.4. The van der Waals surface area contributed by atoms with Crippen LogP contribution in [0.15, 0.2) is 67.3 Å². The van der Waals surface area contributed by atoms with Crippen LogP contribution in [0.5, 0.6) is 0 Å². The normalized spacial score (nSPS) is 21.6. The van der Waals surface area contributed by atoms with Crippen LogP contribution in [0, 0.1) is 11.8 Å². The minimum Gasteiger partial charge on any atom is -0.461 e. The molecule has 0 unspecified atom stereocenters. The molecule has 1 heterocycles. The minimum atomic E-state index is -0.712. The molecule has 0 bridgehead atoms. The molecule has 0 amide bonds. The Morgan fingerprint density at radius 2 is 2.12 bits per heavy atom. The monoisotopic (exact) mass is 482 g/mol. The Labute approximate surface area is 205 Å². The van der Waals surface area contributed by atoms with Gasteiger partial charge in [-0.1, -0.05) is 55.2 Å². The van der Waals surface area contributed by atoms with Crippen LogP contribution in [0.1, 0.15) is 43.4 Å². The van der Waals surface area contributed by atoms with Crippen molar-refractivity contribution in [2.24, 2.45) is 11.8 Å². The fraction of sp³-hybridized carbons (Fsp3) is 0.429. The number of rotatable bonds is 13.